The molecule has 0 bridgehead atoms. The monoisotopic (exact) mass is 309 g/mol. The maximum atomic E-state index is 12.1. The molecule has 1 aromatic carbocycles. The summed E-state index contributed by atoms with van der Waals surface area (Å²) in [6, 6.07) is 9.10. The Hall–Kier alpha value is -1.36. The highest BCUT2D eigenvalue weighted by molar-refractivity contribution is 7.90. The van der Waals surface area contributed by atoms with Gasteiger partial charge in [0.25, 0.3) is 0 Å². The third-order valence-electron chi connectivity index (χ3n) is 3.87. The van der Waals surface area contributed by atoms with Gasteiger partial charge in [-0.05, 0) is 24.3 Å². The highest BCUT2D eigenvalue weighted by Gasteiger charge is 2.22. The Balaban J connectivity index is 1.85. The fourth-order valence-electron chi connectivity index (χ4n) is 2.72. The van der Waals surface area contributed by atoms with Gasteiger partial charge in [-0.15, -0.1) is 0 Å². The van der Waals surface area contributed by atoms with E-state index < -0.39 is 9.84 Å². The van der Waals surface area contributed by atoms with Gasteiger partial charge in [0, 0.05) is 19.5 Å². The predicted octanol–water partition coefficient (Wildman–Crippen LogP) is 2.25. The van der Waals surface area contributed by atoms with Gasteiger partial charge in [-0.2, -0.15) is 0 Å². The lowest BCUT2D eigenvalue weighted by atomic mass is 10.0. The number of carbonyl (C=O) groups excluding carboxylic acids is 1. The summed E-state index contributed by atoms with van der Waals surface area (Å²) in [6.45, 7) is 3.66. The zero-order valence-corrected chi connectivity index (χ0v) is 13.3. The highest BCUT2D eigenvalue weighted by Crippen LogP contribution is 2.16. The van der Waals surface area contributed by atoms with Crippen LogP contribution in [0.1, 0.15) is 31.7 Å². The second kappa shape index (κ2) is 7.07. The van der Waals surface area contributed by atoms with E-state index in [2.05, 4.69) is 6.92 Å². The summed E-state index contributed by atoms with van der Waals surface area (Å²) in [5.41, 5.74) is 0.775. The van der Waals surface area contributed by atoms with Gasteiger partial charge in [-0.25, -0.2) is 8.42 Å². The van der Waals surface area contributed by atoms with E-state index in [1.54, 1.807) is 12.1 Å². The molecule has 1 aromatic rings. The van der Waals surface area contributed by atoms with Crippen LogP contribution in [0.3, 0.4) is 0 Å². The fraction of sp³-hybridized carbons (Fsp3) is 0.562. The molecule has 1 atom stereocenters. The molecule has 0 unspecified atom stereocenters. The lowest BCUT2D eigenvalue weighted by molar-refractivity contribution is -0.132. The number of carbonyl (C=O) groups is 1. The molecule has 0 spiro atoms. The molecule has 0 radical (unpaired) electrons. The molecule has 1 heterocycles. The molecule has 1 saturated heterocycles. The minimum absolute atomic E-state index is 0.0114. The average Bonchev–Trinajstić information content (AvgIpc) is 2.45. The molecule has 0 saturated carbocycles. The van der Waals surface area contributed by atoms with Gasteiger partial charge in [-0.1, -0.05) is 37.3 Å². The van der Waals surface area contributed by atoms with Gasteiger partial charge in [0.1, 0.15) is 0 Å². The second-order valence-electron chi connectivity index (χ2n) is 5.91. The van der Waals surface area contributed by atoms with Crippen molar-refractivity contribution in [2.24, 2.45) is 5.92 Å². The SMILES string of the molecule is C[C@@H]1CCCN(C(=O)CCS(=O)(=O)Cc2ccccc2)C1. The number of hydrogen-bond acceptors (Lipinski definition) is 3. The number of benzene rings is 1. The third kappa shape index (κ3) is 5.16. The molecule has 2 rings (SSSR count). The van der Waals surface area contributed by atoms with E-state index in [4.69, 9.17) is 0 Å². The second-order valence-corrected chi connectivity index (χ2v) is 8.10. The minimum Gasteiger partial charge on any atom is -0.342 e. The summed E-state index contributed by atoms with van der Waals surface area (Å²) >= 11 is 0. The molecule has 1 aliphatic heterocycles. The van der Waals surface area contributed by atoms with Crippen molar-refractivity contribution in [3.05, 3.63) is 35.9 Å². The molecular weight excluding hydrogens is 286 g/mol. The number of likely N-dealkylation sites (tertiary alicyclic amines) is 1. The lowest BCUT2D eigenvalue weighted by Crippen LogP contribution is -2.39. The molecule has 1 fully saturated rings. The summed E-state index contributed by atoms with van der Waals surface area (Å²) in [6.07, 6.45) is 2.27. The molecule has 5 heteroatoms. The smallest absolute Gasteiger partial charge is 0.223 e. The van der Waals surface area contributed by atoms with Crippen LogP contribution in [0, 0.1) is 5.92 Å². The first-order chi connectivity index (χ1) is 9.96. The maximum absolute atomic E-state index is 12.1. The van der Waals surface area contributed by atoms with Crippen LogP contribution in [0.5, 0.6) is 0 Å². The van der Waals surface area contributed by atoms with Crippen molar-refractivity contribution < 1.29 is 13.2 Å². The van der Waals surface area contributed by atoms with Crippen LogP contribution in [0.15, 0.2) is 30.3 Å². The van der Waals surface area contributed by atoms with Gasteiger partial charge >= 0.3 is 0 Å². The number of rotatable bonds is 5. The van der Waals surface area contributed by atoms with Crippen molar-refractivity contribution in [2.45, 2.75) is 31.9 Å². The first kappa shape index (κ1) is 16.0. The van der Waals surface area contributed by atoms with Crippen LogP contribution in [0.25, 0.3) is 0 Å². The summed E-state index contributed by atoms with van der Waals surface area (Å²) in [5.74, 6) is 0.435. The molecule has 0 N–H and O–H groups in total. The van der Waals surface area contributed by atoms with Gasteiger partial charge in [0.05, 0.1) is 11.5 Å². The van der Waals surface area contributed by atoms with Crippen molar-refractivity contribution in [1.29, 1.82) is 0 Å². The van der Waals surface area contributed by atoms with Crippen molar-refractivity contribution in [1.82, 2.24) is 4.90 Å². The van der Waals surface area contributed by atoms with Crippen molar-refractivity contribution in [3.63, 3.8) is 0 Å². The topological polar surface area (TPSA) is 54.5 Å². The Morgan fingerprint density at radius 2 is 2.00 bits per heavy atom. The standard InChI is InChI=1S/C16H23NO3S/c1-14-6-5-10-17(12-14)16(18)9-11-21(19,20)13-15-7-3-2-4-8-15/h2-4,7-8,14H,5-6,9-13H2,1H3/t14-/m1/s1. The van der Waals surface area contributed by atoms with Gasteiger partial charge in [-0.3, -0.25) is 4.79 Å². The Bertz CT molecular complexity index is 568. The van der Waals surface area contributed by atoms with Crippen LogP contribution in [0.2, 0.25) is 0 Å². The molecular formula is C16H23NO3S. The van der Waals surface area contributed by atoms with E-state index in [-0.39, 0.29) is 23.8 Å². The summed E-state index contributed by atoms with van der Waals surface area (Å²) < 4.78 is 24.2. The molecule has 4 nitrogen and oxygen atoms in total. The number of amides is 1. The average molecular weight is 309 g/mol. The third-order valence-corrected chi connectivity index (χ3v) is 5.47. The van der Waals surface area contributed by atoms with Gasteiger partial charge in [0.15, 0.2) is 9.84 Å². The zero-order valence-electron chi connectivity index (χ0n) is 12.5. The Morgan fingerprint density at radius 1 is 1.29 bits per heavy atom. The number of hydrogen-bond donors (Lipinski definition) is 0. The summed E-state index contributed by atoms with van der Waals surface area (Å²) in [4.78, 5) is 13.9. The summed E-state index contributed by atoms with van der Waals surface area (Å²) in [7, 11) is -3.23. The molecule has 21 heavy (non-hydrogen) atoms. The molecule has 0 aromatic heterocycles. The van der Waals surface area contributed by atoms with Gasteiger partial charge < -0.3 is 4.90 Å². The Morgan fingerprint density at radius 3 is 2.67 bits per heavy atom. The van der Waals surface area contributed by atoms with Crippen LogP contribution in [0.4, 0.5) is 0 Å². The molecule has 1 aliphatic rings. The van der Waals surface area contributed by atoms with Crippen LogP contribution < -0.4 is 0 Å². The van der Waals surface area contributed by atoms with E-state index >= 15 is 0 Å². The molecule has 1 amide bonds. The first-order valence-corrected chi connectivity index (χ1v) is 9.30. The van der Waals surface area contributed by atoms with E-state index in [0.29, 0.717) is 5.92 Å². The predicted molar refractivity (Wildman–Crippen MR) is 83.5 cm³/mol. The van der Waals surface area contributed by atoms with E-state index in [9.17, 15) is 13.2 Å². The van der Waals surface area contributed by atoms with Crippen LogP contribution >= 0.6 is 0 Å². The number of sulfone groups is 1. The van der Waals surface area contributed by atoms with Crippen molar-refractivity contribution >= 4 is 15.7 Å². The minimum atomic E-state index is -3.23. The van der Waals surface area contributed by atoms with E-state index in [0.717, 1.165) is 31.5 Å². The maximum Gasteiger partial charge on any atom is 0.223 e. The molecule has 116 valence electrons. The first-order valence-electron chi connectivity index (χ1n) is 7.48. The zero-order chi connectivity index (χ0) is 15.3. The van der Waals surface area contributed by atoms with Crippen LogP contribution in [-0.2, 0) is 20.4 Å². The highest BCUT2D eigenvalue weighted by atomic mass is 32.2. The number of piperidine rings is 1. The van der Waals surface area contributed by atoms with E-state index in [1.165, 1.54) is 0 Å². The van der Waals surface area contributed by atoms with Gasteiger partial charge in [0.2, 0.25) is 5.91 Å². The largest absolute Gasteiger partial charge is 0.342 e. The van der Waals surface area contributed by atoms with Crippen LogP contribution in [-0.4, -0.2) is 38.1 Å². The van der Waals surface area contributed by atoms with E-state index in [1.807, 2.05) is 23.1 Å². The summed E-state index contributed by atoms with van der Waals surface area (Å²) in [5, 5.41) is 0. The quantitative estimate of drug-likeness (QED) is 0.838. The normalized spacial score (nSPS) is 19.5. The fourth-order valence-corrected chi connectivity index (χ4v) is 4.05. The number of nitrogens with zero attached hydrogens (tertiary/aromatic N) is 1. The Labute approximate surface area is 127 Å². The molecule has 0 aliphatic carbocycles. The van der Waals surface area contributed by atoms with Crippen molar-refractivity contribution in [3.8, 4) is 0 Å². The van der Waals surface area contributed by atoms with Crippen molar-refractivity contribution in [2.75, 3.05) is 18.8 Å². The Kier molecular flexibility index (Phi) is 5.39. The lowest BCUT2D eigenvalue weighted by Gasteiger charge is -2.31.